The van der Waals surface area contributed by atoms with Gasteiger partial charge in [-0.25, -0.2) is 9.78 Å². The van der Waals surface area contributed by atoms with E-state index in [0.717, 1.165) is 22.3 Å². The minimum Gasteiger partial charge on any atom is -0.324 e. The van der Waals surface area contributed by atoms with Crippen molar-refractivity contribution < 1.29 is 4.79 Å². The zero-order chi connectivity index (χ0) is 13.5. The molecule has 0 saturated heterocycles. The van der Waals surface area contributed by atoms with E-state index in [4.69, 9.17) is 0 Å². The predicted molar refractivity (Wildman–Crippen MR) is 77.7 cm³/mol. The first kappa shape index (κ1) is 11.0. The normalized spacial score (nSPS) is 14.2. The van der Waals surface area contributed by atoms with Crippen molar-refractivity contribution in [1.82, 2.24) is 9.97 Å². The van der Waals surface area contributed by atoms with E-state index >= 15 is 0 Å². The first-order valence-corrected chi connectivity index (χ1v) is 6.42. The number of amides is 2. The molecule has 98 valence electrons. The van der Waals surface area contributed by atoms with Crippen LogP contribution in [0.5, 0.6) is 0 Å². The molecule has 1 aliphatic heterocycles. The highest BCUT2D eigenvalue weighted by Gasteiger charge is 2.25. The second-order valence-corrected chi connectivity index (χ2v) is 4.75. The molecule has 1 aliphatic rings. The van der Waals surface area contributed by atoms with E-state index < -0.39 is 0 Å². The average Bonchev–Trinajstić information content (AvgIpc) is 2.90. The molecule has 5 heteroatoms. The maximum atomic E-state index is 12.2. The molecule has 2 N–H and O–H groups in total. The van der Waals surface area contributed by atoms with Gasteiger partial charge in [-0.05, 0) is 23.8 Å². The van der Waals surface area contributed by atoms with E-state index in [0.29, 0.717) is 12.5 Å². The number of benzene rings is 2. The number of nitrogens with one attached hydrogen (secondary N) is 2. The summed E-state index contributed by atoms with van der Waals surface area (Å²) in [5, 5.41) is 2.88. The Morgan fingerprint density at radius 2 is 1.85 bits per heavy atom. The number of aromatic amines is 1. The number of carbonyl (C=O) groups excluding carboxylic acids is 1. The smallest absolute Gasteiger partial charge is 0.324 e. The number of urea groups is 1. The van der Waals surface area contributed by atoms with Crippen LogP contribution >= 0.6 is 0 Å². The number of nitrogens with zero attached hydrogens (tertiary/aromatic N) is 2. The van der Waals surface area contributed by atoms with Crippen molar-refractivity contribution in [1.29, 1.82) is 0 Å². The lowest BCUT2D eigenvalue weighted by molar-refractivity contribution is 0.255. The number of fused-ring (bicyclic) bond motifs is 2. The van der Waals surface area contributed by atoms with Crippen LogP contribution in [0.4, 0.5) is 16.4 Å². The van der Waals surface area contributed by atoms with Crippen molar-refractivity contribution >= 4 is 28.7 Å². The van der Waals surface area contributed by atoms with Crippen molar-refractivity contribution in [2.24, 2.45) is 0 Å². The summed E-state index contributed by atoms with van der Waals surface area (Å²) in [5.74, 6) is 0.568. The third-order valence-electron chi connectivity index (χ3n) is 3.47. The Bertz CT molecular complexity index is 775. The van der Waals surface area contributed by atoms with Gasteiger partial charge in [0, 0.05) is 5.69 Å². The fraction of sp³-hybridized carbons (Fsp3) is 0.0667. The molecule has 2 aromatic carbocycles. The Kier molecular flexibility index (Phi) is 2.26. The molecule has 0 fully saturated rings. The third-order valence-corrected chi connectivity index (χ3v) is 3.47. The first-order valence-electron chi connectivity index (χ1n) is 6.42. The van der Waals surface area contributed by atoms with Gasteiger partial charge in [0.2, 0.25) is 5.95 Å². The number of anilines is 2. The van der Waals surface area contributed by atoms with Gasteiger partial charge in [-0.3, -0.25) is 4.90 Å². The third kappa shape index (κ3) is 1.64. The molecule has 0 radical (unpaired) electrons. The van der Waals surface area contributed by atoms with Gasteiger partial charge in [0.1, 0.15) is 0 Å². The molecule has 0 unspecified atom stereocenters. The Hall–Kier alpha value is -2.82. The molecule has 0 bridgehead atoms. The Morgan fingerprint density at radius 3 is 2.75 bits per heavy atom. The van der Waals surface area contributed by atoms with Crippen LogP contribution in [0.2, 0.25) is 0 Å². The monoisotopic (exact) mass is 264 g/mol. The molecule has 0 spiro atoms. The second-order valence-electron chi connectivity index (χ2n) is 4.75. The Balaban J connectivity index is 1.77. The number of hydrogen-bond acceptors (Lipinski definition) is 2. The molecule has 0 aliphatic carbocycles. The number of para-hydroxylation sites is 3. The van der Waals surface area contributed by atoms with E-state index in [9.17, 15) is 4.79 Å². The molecule has 3 aromatic rings. The summed E-state index contributed by atoms with van der Waals surface area (Å²) in [7, 11) is 0. The lowest BCUT2D eigenvalue weighted by atomic mass is 10.1. The summed E-state index contributed by atoms with van der Waals surface area (Å²) < 4.78 is 0. The summed E-state index contributed by atoms with van der Waals surface area (Å²) >= 11 is 0. The largest absolute Gasteiger partial charge is 0.328 e. The topological polar surface area (TPSA) is 61.0 Å². The van der Waals surface area contributed by atoms with Crippen LogP contribution in [-0.2, 0) is 6.54 Å². The number of hydrogen-bond donors (Lipinski definition) is 2. The summed E-state index contributed by atoms with van der Waals surface area (Å²) in [4.78, 5) is 21.5. The summed E-state index contributed by atoms with van der Waals surface area (Å²) in [5.41, 5.74) is 3.72. The second kappa shape index (κ2) is 4.09. The van der Waals surface area contributed by atoms with Gasteiger partial charge in [-0.2, -0.15) is 0 Å². The quantitative estimate of drug-likeness (QED) is 0.709. The van der Waals surface area contributed by atoms with Crippen LogP contribution in [0.3, 0.4) is 0 Å². The van der Waals surface area contributed by atoms with Crippen molar-refractivity contribution in [2.75, 3.05) is 10.2 Å². The maximum absolute atomic E-state index is 12.2. The molecule has 2 heterocycles. The van der Waals surface area contributed by atoms with Crippen molar-refractivity contribution in [3.8, 4) is 0 Å². The van der Waals surface area contributed by atoms with Crippen molar-refractivity contribution in [2.45, 2.75) is 6.54 Å². The highest BCUT2D eigenvalue weighted by Crippen LogP contribution is 2.26. The molecule has 4 rings (SSSR count). The minimum absolute atomic E-state index is 0.164. The molecule has 0 saturated carbocycles. The molecule has 0 atom stereocenters. The van der Waals surface area contributed by atoms with Crippen LogP contribution in [0.25, 0.3) is 11.0 Å². The SMILES string of the molecule is O=C1Nc2ccccc2CN1c1nc2ccccc2[nH]1. The van der Waals surface area contributed by atoms with Gasteiger partial charge in [-0.1, -0.05) is 30.3 Å². The van der Waals surface area contributed by atoms with E-state index in [-0.39, 0.29) is 6.03 Å². The maximum Gasteiger partial charge on any atom is 0.328 e. The van der Waals surface area contributed by atoms with Crippen LogP contribution in [0, 0.1) is 0 Å². The van der Waals surface area contributed by atoms with Gasteiger partial charge in [0.15, 0.2) is 0 Å². The zero-order valence-electron chi connectivity index (χ0n) is 10.6. The highest BCUT2D eigenvalue weighted by molar-refractivity contribution is 6.03. The van der Waals surface area contributed by atoms with E-state index in [1.54, 1.807) is 4.90 Å². The van der Waals surface area contributed by atoms with Gasteiger partial charge in [0.05, 0.1) is 17.6 Å². The number of imidazole rings is 1. The Morgan fingerprint density at radius 1 is 1.05 bits per heavy atom. The van der Waals surface area contributed by atoms with E-state index in [2.05, 4.69) is 15.3 Å². The molecule has 2 amide bonds. The van der Waals surface area contributed by atoms with Crippen LogP contribution in [0.15, 0.2) is 48.5 Å². The summed E-state index contributed by atoms with van der Waals surface area (Å²) in [6, 6.07) is 15.4. The number of H-pyrrole nitrogens is 1. The fourth-order valence-corrected chi connectivity index (χ4v) is 2.44. The lowest BCUT2D eigenvalue weighted by Gasteiger charge is -2.27. The molecule has 1 aromatic heterocycles. The summed E-state index contributed by atoms with van der Waals surface area (Å²) in [6.07, 6.45) is 0. The van der Waals surface area contributed by atoms with Gasteiger partial charge >= 0.3 is 6.03 Å². The Labute approximate surface area is 115 Å². The number of rotatable bonds is 1. The van der Waals surface area contributed by atoms with Crippen LogP contribution in [-0.4, -0.2) is 16.0 Å². The van der Waals surface area contributed by atoms with Crippen LogP contribution in [0.1, 0.15) is 5.56 Å². The van der Waals surface area contributed by atoms with Crippen molar-refractivity contribution in [3.63, 3.8) is 0 Å². The van der Waals surface area contributed by atoms with E-state index in [1.807, 2.05) is 48.5 Å². The number of aromatic nitrogens is 2. The average molecular weight is 264 g/mol. The number of carbonyl (C=O) groups is 1. The minimum atomic E-state index is -0.164. The molecule has 5 nitrogen and oxygen atoms in total. The van der Waals surface area contributed by atoms with Crippen molar-refractivity contribution in [3.05, 3.63) is 54.1 Å². The summed E-state index contributed by atoms with van der Waals surface area (Å²) in [6.45, 7) is 0.516. The molecular weight excluding hydrogens is 252 g/mol. The zero-order valence-corrected chi connectivity index (χ0v) is 10.6. The van der Waals surface area contributed by atoms with Gasteiger partial charge in [0.25, 0.3) is 0 Å². The standard InChI is InChI=1S/C15H12N4O/c20-15-18-11-6-2-1-5-10(11)9-19(15)14-16-12-7-3-4-8-13(12)17-14/h1-8H,9H2,(H,16,17)(H,18,20). The van der Waals surface area contributed by atoms with Gasteiger partial charge < -0.3 is 10.3 Å². The van der Waals surface area contributed by atoms with E-state index in [1.165, 1.54) is 0 Å². The molecule has 20 heavy (non-hydrogen) atoms. The molecular formula is C15H12N4O. The highest BCUT2D eigenvalue weighted by atomic mass is 16.2. The van der Waals surface area contributed by atoms with Gasteiger partial charge in [-0.15, -0.1) is 0 Å². The van der Waals surface area contributed by atoms with Crippen LogP contribution < -0.4 is 10.2 Å². The fourth-order valence-electron chi connectivity index (χ4n) is 2.44. The first-order chi connectivity index (χ1) is 9.81. The lowest BCUT2D eigenvalue weighted by Crippen LogP contribution is -2.39. The predicted octanol–water partition coefficient (Wildman–Crippen LogP) is 3.12.